The number of para-hydroxylation sites is 1. The largest absolute Gasteiger partial charge is 0.480 e. The predicted octanol–water partition coefficient (Wildman–Crippen LogP) is 2.15. The number of aliphatic hydroxyl groups excluding tert-OH is 1. The van der Waals surface area contributed by atoms with Crippen LogP contribution in [0.5, 0.6) is 5.75 Å². The first-order chi connectivity index (χ1) is 17.4. The average molecular weight is 576 g/mol. The van der Waals surface area contributed by atoms with Crippen LogP contribution in [0, 0.1) is 0 Å². The van der Waals surface area contributed by atoms with Gasteiger partial charge in [0.25, 0.3) is 0 Å². The number of benzene rings is 1. The van der Waals surface area contributed by atoms with Gasteiger partial charge in [-0.25, -0.2) is 9.55 Å². The van der Waals surface area contributed by atoms with E-state index in [1.54, 1.807) is 25.2 Å². The Bertz CT molecular complexity index is 1330. The number of ether oxygens (including phenoxy) is 1. The van der Waals surface area contributed by atoms with Gasteiger partial charge < -0.3 is 30.5 Å². The number of nitrogen functional groups attached to an aromatic ring is 1. The number of aliphatic hydroxyl groups is 1. The number of anilines is 2. The van der Waals surface area contributed by atoms with Crippen LogP contribution in [0.1, 0.15) is 13.2 Å². The maximum Gasteiger partial charge on any atom is 0.459 e. The lowest BCUT2D eigenvalue weighted by molar-refractivity contribution is -0.138. The molecule has 14 nitrogen and oxygen atoms in total. The van der Waals surface area contributed by atoms with Gasteiger partial charge in [-0.3, -0.25) is 13.9 Å². The van der Waals surface area contributed by atoms with Crippen LogP contribution in [0.15, 0.2) is 36.7 Å². The first-order valence-electron chi connectivity index (χ1n) is 10.8. The Balaban J connectivity index is 1.58. The summed E-state index contributed by atoms with van der Waals surface area (Å²) in [5.74, 6) is -0.822. The van der Waals surface area contributed by atoms with Crippen molar-refractivity contribution < 1.29 is 33.4 Å². The van der Waals surface area contributed by atoms with Gasteiger partial charge >= 0.3 is 13.7 Å². The van der Waals surface area contributed by atoms with Gasteiger partial charge in [-0.05, 0) is 19.1 Å². The lowest BCUT2D eigenvalue weighted by Gasteiger charge is -2.24. The van der Waals surface area contributed by atoms with Gasteiger partial charge in [0.15, 0.2) is 27.5 Å². The molecule has 1 aliphatic heterocycles. The van der Waals surface area contributed by atoms with Crippen molar-refractivity contribution >= 4 is 59.8 Å². The van der Waals surface area contributed by atoms with E-state index in [1.807, 2.05) is 0 Å². The third-order valence-electron chi connectivity index (χ3n) is 5.41. The molecule has 0 aliphatic carbocycles. The smallest absolute Gasteiger partial charge is 0.459 e. The number of carboxylic acids is 1. The Morgan fingerprint density at radius 2 is 2.05 bits per heavy atom. The molecule has 17 heteroatoms. The lowest BCUT2D eigenvalue weighted by Crippen LogP contribution is -2.39. The van der Waals surface area contributed by atoms with Crippen molar-refractivity contribution in [3.05, 3.63) is 36.7 Å². The third kappa shape index (κ3) is 5.60. The molecule has 2 aromatic heterocycles. The molecule has 5 atom stereocenters. The van der Waals surface area contributed by atoms with Crippen molar-refractivity contribution in [1.82, 2.24) is 24.6 Å². The number of carboxylic acid groups (broad SMARTS) is 1. The van der Waals surface area contributed by atoms with Gasteiger partial charge in [0, 0.05) is 7.05 Å². The molecule has 1 aliphatic rings. The standard InChI is InChI=1S/C20H24Cl2N7O7P/c1-10(17(31)32)28-37(33,36-11-6-4-3-5-7-11)34-8-12-14(30)20(21,22)18(35-12)29-9-25-13-15(24-2)26-19(23)27-16(13)29/h3-7,9-10,12,14,18,30H,8H2,1-2H3,(H,28,33)(H,31,32)(H3,23,24,26,27)/t10-,12+,14+,18+,37-/m0/s1. The molecule has 37 heavy (non-hydrogen) atoms. The first-order valence-corrected chi connectivity index (χ1v) is 13.1. The van der Waals surface area contributed by atoms with Crippen LogP contribution in [0.3, 0.4) is 0 Å². The number of halogens is 2. The molecule has 200 valence electrons. The van der Waals surface area contributed by atoms with E-state index in [0.29, 0.717) is 11.3 Å². The van der Waals surface area contributed by atoms with E-state index in [0.717, 1.165) is 0 Å². The van der Waals surface area contributed by atoms with Crippen LogP contribution < -0.4 is 20.7 Å². The molecule has 1 saturated heterocycles. The van der Waals surface area contributed by atoms with Gasteiger partial charge in [0.2, 0.25) is 5.95 Å². The summed E-state index contributed by atoms with van der Waals surface area (Å²) in [6.07, 6.45) is -2.62. The van der Waals surface area contributed by atoms with E-state index in [-0.39, 0.29) is 17.3 Å². The molecule has 6 N–H and O–H groups in total. The molecule has 0 amide bonds. The second-order valence-corrected chi connectivity index (χ2v) is 11.2. The molecule has 0 spiro atoms. The van der Waals surface area contributed by atoms with E-state index in [4.69, 9.17) is 42.7 Å². The number of alkyl halides is 2. The van der Waals surface area contributed by atoms with Crippen molar-refractivity contribution in [3.63, 3.8) is 0 Å². The highest BCUT2D eigenvalue weighted by atomic mass is 35.5. The van der Waals surface area contributed by atoms with Crippen LogP contribution >= 0.6 is 30.9 Å². The first kappa shape index (κ1) is 27.3. The minimum atomic E-state index is -4.28. The Morgan fingerprint density at radius 3 is 2.70 bits per heavy atom. The van der Waals surface area contributed by atoms with E-state index in [1.165, 1.54) is 30.0 Å². The van der Waals surface area contributed by atoms with E-state index >= 15 is 0 Å². The van der Waals surface area contributed by atoms with Crippen LogP contribution in [0.25, 0.3) is 11.2 Å². The summed E-state index contributed by atoms with van der Waals surface area (Å²) in [6, 6.07) is 6.72. The van der Waals surface area contributed by atoms with Gasteiger partial charge in [-0.1, -0.05) is 41.4 Å². The number of nitrogens with two attached hydrogens (primary N) is 1. The molecule has 0 saturated carbocycles. The van der Waals surface area contributed by atoms with Gasteiger partial charge in [-0.15, -0.1) is 0 Å². The summed E-state index contributed by atoms with van der Waals surface area (Å²) in [7, 11) is -2.65. The monoisotopic (exact) mass is 575 g/mol. The highest BCUT2D eigenvalue weighted by molar-refractivity contribution is 7.52. The fourth-order valence-corrected chi connectivity index (χ4v) is 5.66. The Kier molecular flexibility index (Phi) is 7.81. The maximum atomic E-state index is 13.4. The van der Waals surface area contributed by atoms with Gasteiger partial charge in [0.1, 0.15) is 24.0 Å². The number of hydrogen-bond acceptors (Lipinski definition) is 11. The zero-order chi connectivity index (χ0) is 27.0. The number of carbonyl (C=O) groups is 1. The average Bonchev–Trinajstić information content (AvgIpc) is 3.35. The number of aliphatic carboxylic acids is 1. The van der Waals surface area contributed by atoms with Crippen molar-refractivity contribution in [2.45, 2.75) is 35.7 Å². The molecule has 3 aromatic rings. The highest BCUT2D eigenvalue weighted by Gasteiger charge is 2.56. The van der Waals surface area contributed by atoms with Crippen molar-refractivity contribution in [3.8, 4) is 5.75 Å². The summed E-state index contributed by atoms with van der Waals surface area (Å²) in [5.41, 5.74) is 6.38. The van der Waals surface area contributed by atoms with Crippen LogP contribution in [0.2, 0.25) is 0 Å². The molecule has 4 rings (SSSR count). The zero-order valence-electron chi connectivity index (χ0n) is 19.5. The summed E-state index contributed by atoms with van der Waals surface area (Å²) in [6.45, 7) is 0.733. The van der Waals surface area contributed by atoms with Crippen LogP contribution in [-0.2, 0) is 18.6 Å². The van der Waals surface area contributed by atoms with Crippen molar-refractivity contribution in [1.29, 1.82) is 0 Å². The summed E-state index contributed by atoms with van der Waals surface area (Å²) in [5, 5.41) is 25.3. The zero-order valence-corrected chi connectivity index (χ0v) is 21.9. The van der Waals surface area contributed by atoms with E-state index in [2.05, 4.69) is 25.4 Å². The number of rotatable bonds is 10. The molecule has 1 aromatic carbocycles. The van der Waals surface area contributed by atoms with Gasteiger partial charge in [-0.2, -0.15) is 15.1 Å². The number of nitrogens with one attached hydrogen (secondary N) is 2. The predicted molar refractivity (Wildman–Crippen MR) is 134 cm³/mol. The second kappa shape index (κ2) is 10.6. The normalized spacial score (nSPS) is 23.4. The Morgan fingerprint density at radius 1 is 1.35 bits per heavy atom. The van der Waals surface area contributed by atoms with E-state index in [9.17, 15) is 19.6 Å². The van der Waals surface area contributed by atoms with Crippen molar-refractivity contribution in [2.24, 2.45) is 0 Å². The molecular weight excluding hydrogens is 552 g/mol. The van der Waals surface area contributed by atoms with E-state index < -0.39 is 49.1 Å². The fourth-order valence-electron chi connectivity index (χ4n) is 3.56. The van der Waals surface area contributed by atoms with Gasteiger partial charge in [0.05, 0.1) is 12.9 Å². The summed E-state index contributed by atoms with van der Waals surface area (Å²) >= 11 is 13.0. The minimum Gasteiger partial charge on any atom is -0.480 e. The maximum absolute atomic E-state index is 13.4. The number of fused-ring (bicyclic) bond motifs is 1. The number of aromatic nitrogens is 4. The molecule has 0 bridgehead atoms. The summed E-state index contributed by atoms with van der Waals surface area (Å²) in [4.78, 5) is 23.8. The number of hydrogen-bond donors (Lipinski definition) is 5. The minimum absolute atomic E-state index is 0.0515. The molecule has 3 heterocycles. The third-order valence-corrected chi connectivity index (χ3v) is 7.87. The number of imidazole rings is 1. The Hall–Kier alpha value is -2.71. The highest BCUT2D eigenvalue weighted by Crippen LogP contribution is 2.50. The summed E-state index contributed by atoms with van der Waals surface area (Å²) < 4.78 is 29.7. The Labute approximate surface area is 220 Å². The molecule has 0 unspecified atom stereocenters. The number of nitrogens with zero attached hydrogens (tertiary/aromatic N) is 4. The van der Waals surface area contributed by atoms with Crippen LogP contribution in [0.4, 0.5) is 11.8 Å². The lowest BCUT2D eigenvalue weighted by atomic mass is 10.2. The molecule has 0 radical (unpaired) electrons. The molecule has 1 fully saturated rings. The second-order valence-electron chi connectivity index (χ2n) is 8.04. The quantitative estimate of drug-likeness (QED) is 0.174. The topological polar surface area (TPSA) is 196 Å². The molecular formula is C20H24Cl2N7O7P. The SMILES string of the molecule is CNc1nc(N)nc2c1ncn2[C@@H]1O[C@H](CO[P@@](=O)(N[C@@H](C)C(=O)O)Oc2ccccc2)[C@@H](O)C1(Cl)Cl. The fraction of sp³-hybridized carbons (Fsp3) is 0.400. The van der Waals surface area contributed by atoms with Crippen molar-refractivity contribution in [2.75, 3.05) is 24.7 Å². The van der Waals surface area contributed by atoms with Crippen LogP contribution in [-0.4, -0.2) is 71.9 Å².